The van der Waals surface area contributed by atoms with Gasteiger partial charge >= 0.3 is 0 Å². The van der Waals surface area contributed by atoms with E-state index in [0.717, 1.165) is 103 Å². The minimum Gasteiger partial charge on any atom is -0.491 e. The first-order chi connectivity index (χ1) is 23.5. The minimum atomic E-state index is -0.0707. The maximum Gasteiger partial charge on any atom is 0.251 e. The van der Waals surface area contributed by atoms with Gasteiger partial charge in [-0.1, -0.05) is 45.4 Å². The second-order valence-corrected chi connectivity index (χ2v) is 12.3. The third-order valence-corrected chi connectivity index (χ3v) is 8.57. The maximum atomic E-state index is 13.6. The van der Waals surface area contributed by atoms with E-state index in [2.05, 4.69) is 87.1 Å². The molecule has 1 aliphatic heterocycles. The molecule has 0 aliphatic carbocycles. The van der Waals surface area contributed by atoms with Crippen molar-refractivity contribution >= 4 is 29.0 Å². The van der Waals surface area contributed by atoms with Crippen molar-refractivity contribution < 1.29 is 14.3 Å². The number of nitrogens with one attached hydrogen (secondary N) is 1. The number of hydrogen-bond acceptors (Lipinski definition) is 7. The van der Waals surface area contributed by atoms with Crippen LogP contribution in [0.4, 0.5) is 17.1 Å². The average Bonchev–Trinajstić information content (AvgIpc) is 3.45. The molecule has 1 N–H and O–H groups in total. The van der Waals surface area contributed by atoms with Crippen LogP contribution in [-0.4, -0.2) is 60.6 Å². The van der Waals surface area contributed by atoms with Crippen molar-refractivity contribution in [3.05, 3.63) is 90.0 Å². The number of hydrogen-bond donors (Lipinski definition) is 1. The molecule has 1 aliphatic rings. The fourth-order valence-electron chi connectivity index (χ4n) is 5.91. The molecule has 0 saturated carbocycles. The standard InChI is InChI=1S/C39H50N6O3/c1-5-8-23-47-24-25-48-36-16-9-30(10-17-36)31-11-18-37-33(26-31)27-32(19-22-44(37)20-6-2)39(46)41-34-12-14-35(15-13-34)43(4)28-38-42-40-29-45(38)21-7-3/h9-18,26-27,29H,5-8,19-25,28H2,1-4H3,(H,41,46). The molecule has 0 saturated heterocycles. The van der Waals surface area contributed by atoms with Crippen molar-refractivity contribution in [2.45, 2.75) is 66.0 Å². The molecule has 0 bridgehead atoms. The summed E-state index contributed by atoms with van der Waals surface area (Å²) in [5.41, 5.74) is 7.00. The summed E-state index contributed by atoms with van der Waals surface area (Å²) in [5.74, 6) is 1.69. The van der Waals surface area contributed by atoms with Crippen LogP contribution in [0.2, 0.25) is 0 Å². The van der Waals surface area contributed by atoms with Crippen molar-refractivity contribution in [3.8, 4) is 16.9 Å². The number of rotatable bonds is 17. The summed E-state index contributed by atoms with van der Waals surface area (Å²) in [5, 5.41) is 11.5. The number of unbranched alkanes of at least 4 members (excludes halogenated alkanes) is 1. The Balaban J connectivity index is 1.26. The minimum absolute atomic E-state index is 0.0707. The van der Waals surface area contributed by atoms with Gasteiger partial charge in [-0.15, -0.1) is 10.2 Å². The van der Waals surface area contributed by atoms with Gasteiger partial charge in [0.25, 0.3) is 5.91 Å². The molecule has 254 valence electrons. The van der Waals surface area contributed by atoms with Crippen molar-refractivity contribution in [1.29, 1.82) is 0 Å². The summed E-state index contributed by atoms with van der Waals surface area (Å²) in [7, 11) is 2.04. The molecule has 0 unspecified atom stereocenters. The quantitative estimate of drug-likeness (QED) is 0.117. The molecule has 3 aromatic carbocycles. The Kier molecular flexibility index (Phi) is 12.7. The molecule has 1 amide bonds. The Morgan fingerprint density at radius 3 is 2.42 bits per heavy atom. The highest BCUT2D eigenvalue weighted by Crippen LogP contribution is 2.33. The lowest BCUT2D eigenvalue weighted by Gasteiger charge is -2.25. The van der Waals surface area contributed by atoms with E-state index in [0.29, 0.717) is 26.2 Å². The van der Waals surface area contributed by atoms with Crippen molar-refractivity contribution in [1.82, 2.24) is 14.8 Å². The third-order valence-electron chi connectivity index (χ3n) is 8.57. The van der Waals surface area contributed by atoms with Crippen molar-refractivity contribution in [2.75, 3.05) is 55.1 Å². The zero-order valence-corrected chi connectivity index (χ0v) is 29.0. The van der Waals surface area contributed by atoms with E-state index in [9.17, 15) is 4.79 Å². The third kappa shape index (κ3) is 9.25. The molecule has 4 aromatic rings. The Bertz CT molecular complexity index is 1630. The van der Waals surface area contributed by atoms with E-state index in [4.69, 9.17) is 9.47 Å². The molecule has 0 atom stereocenters. The number of aryl methyl sites for hydroxylation is 1. The second kappa shape index (κ2) is 17.5. The molecule has 9 nitrogen and oxygen atoms in total. The molecule has 2 heterocycles. The summed E-state index contributed by atoms with van der Waals surface area (Å²) < 4.78 is 13.6. The van der Waals surface area contributed by atoms with Crippen LogP contribution in [0.3, 0.4) is 0 Å². The van der Waals surface area contributed by atoms with Crippen LogP contribution in [0.15, 0.2) is 78.6 Å². The van der Waals surface area contributed by atoms with Gasteiger partial charge in [-0.25, -0.2) is 0 Å². The molecule has 0 radical (unpaired) electrons. The Morgan fingerprint density at radius 1 is 0.896 bits per heavy atom. The zero-order valence-electron chi connectivity index (χ0n) is 29.0. The van der Waals surface area contributed by atoms with Gasteiger partial charge in [-0.3, -0.25) is 4.79 Å². The van der Waals surface area contributed by atoms with E-state index in [1.807, 2.05) is 43.4 Å². The van der Waals surface area contributed by atoms with Crippen LogP contribution in [0, 0.1) is 0 Å². The van der Waals surface area contributed by atoms with Crippen LogP contribution in [0.25, 0.3) is 17.2 Å². The maximum absolute atomic E-state index is 13.6. The first-order valence-electron chi connectivity index (χ1n) is 17.4. The van der Waals surface area contributed by atoms with Crippen LogP contribution < -0.4 is 19.9 Å². The van der Waals surface area contributed by atoms with E-state index < -0.39 is 0 Å². The van der Waals surface area contributed by atoms with Crippen LogP contribution in [0.5, 0.6) is 5.75 Å². The molecule has 5 rings (SSSR count). The highest BCUT2D eigenvalue weighted by atomic mass is 16.5. The number of carbonyl (C=O) groups is 1. The normalized spacial score (nSPS) is 12.7. The smallest absolute Gasteiger partial charge is 0.251 e. The SMILES string of the molecule is CCCCOCCOc1ccc(-c2ccc3c(c2)C=C(C(=O)Nc2ccc(N(C)Cc4nncn4CCC)cc2)CCN3CCC)cc1. The summed E-state index contributed by atoms with van der Waals surface area (Å²) in [6, 6.07) is 22.7. The number of ether oxygens (including phenoxy) is 2. The monoisotopic (exact) mass is 650 g/mol. The number of nitrogens with zero attached hydrogens (tertiary/aromatic N) is 5. The predicted octanol–water partition coefficient (Wildman–Crippen LogP) is 7.83. The highest BCUT2D eigenvalue weighted by Gasteiger charge is 2.20. The summed E-state index contributed by atoms with van der Waals surface area (Å²) >= 11 is 0. The Labute approximate surface area is 285 Å². The number of aromatic nitrogens is 3. The van der Waals surface area contributed by atoms with Gasteiger partial charge in [0.2, 0.25) is 0 Å². The molecule has 0 spiro atoms. The molecule has 0 fully saturated rings. The predicted molar refractivity (Wildman–Crippen MR) is 196 cm³/mol. The number of benzene rings is 3. The largest absolute Gasteiger partial charge is 0.491 e. The summed E-state index contributed by atoms with van der Waals surface area (Å²) in [6.45, 7) is 11.7. The van der Waals surface area contributed by atoms with E-state index in [1.165, 1.54) is 0 Å². The topological polar surface area (TPSA) is 84.8 Å². The Hall–Kier alpha value is -4.63. The first kappa shape index (κ1) is 34.7. The van der Waals surface area contributed by atoms with Gasteiger partial charge in [0, 0.05) is 55.9 Å². The summed E-state index contributed by atoms with van der Waals surface area (Å²) in [6.07, 6.45) is 8.79. The first-order valence-corrected chi connectivity index (χ1v) is 17.4. The fourth-order valence-corrected chi connectivity index (χ4v) is 5.91. The number of amides is 1. The lowest BCUT2D eigenvalue weighted by Crippen LogP contribution is -2.26. The van der Waals surface area contributed by atoms with Gasteiger partial charge in [-0.05, 0) is 97.0 Å². The molecule has 48 heavy (non-hydrogen) atoms. The van der Waals surface area contributed by atoms with Crippen molar-refractivity contribution in [3.63, 3.8) is 0 Å². The zero-order chi connectivity index (χ0) is 33.7. The van der Waals surface area contributed by atoms with E-state index >= 15 is 0 Å². The van der Waals surface area contributed by atoms with Crippen LogP contribution >= 0.6 is 0 Å². The fraction of sp³-hybridized carbons (Fsp3) is 0.410. The summed E-state index contributed by atoms with van der Waals surface area (Å²) in [4.78, 5) is 18.2. The molecule has 1 aromatic heterocycles. The van der Waals surface area contributed by atoms with Gasteiger partial charge in [-0.2, -0.15) is 0 Å². The van der Waals surface area contributed by atoms with Gasteiger partial charge in [0.05, 0.1) is 13.2 Å². The Morgan fingerprint density at radius 2 is 1.67 bits per heavy atom. The van der Waals surface area contributed by atoms with Crippen molar-refractivity contribution in [2.24, 2.45) is 0 Å². The highest BCUT2D eigenvalue weighted by molar-refractivity contribution is 6.07. The van der Waals surface area contributed by atoms with E-state index in [1.54, 1.807) is 6.33 Å². The number of fused-ring (bicyclic) bond motifs is 1. The molecular weight excluding hydrogens is 600 g/mol. The van der Waals surface area contributed by atoms with Crippen LogP contribution in [0.1, 0.15) is 64.3 Å². The number of carbonyl (C=O) groups excluding carboxylic acids is 1. The number of anilines is 3. The lowest BCUT2D eigenvalue weighted by molar-refractivity contribution is -0.112. The van der Waals surface area contributed by atoms with E-state index in [-0.39, 0.29) is 5.91 Å². The van der Waals surface area contributed by atoms with Crippen LogP contribution in [-0.2, 0) is 22.6 Å². The lowest BCUT2D eigenvalue weighted by atomic mass is 10.00. The van der Waals surface area contributed by atoms with Gasteiger partial charge in [0.1, 0.15) is 18.7 Å². The molecular formula is C39H50N6O3. The second-order valence-electron chi connectivity index (χ2n) is 12.3. The average molecular weight is 651 g/mol. The van der Waals surface area contributed by atoms with Gasteiger partial charge < -0.3 is 29.2 Å². The van der Waals surface area contributed by atoms with Gasteiger partial charge in [0.15, 0.2) is 5.82 Å². The molecule has 9 heteroatoms.